The van der Waals surface area contributed by atoms with Gasteiger partial charge >= 0.3 is 5.69 Å². The highest BCUT2D eigenvalue weighted by molar-refractivity contribution is 7.89. The van der Waals surface area contributed by atoms with Gasteiger partial charge in [-0.15, -0.1) is 0 Å². The van der Waals surface area contributed by atoms with E-state index < -0.39 is 26.5 Å². The Bertz CT molecular complexity index is 584. The number of sulfonamides is 1. The lowest BCUT2D eigenvalue weighted by molar-refractivity contribution is -0.387. The first kappa shape index (κ1) is 16.5. The SMILES string of the molecule is CCCN(CCO)S(=O)(=O)c1ccc([N+](=O)[O-])c(F)c1. The molecule has 7 nitrogen and oxygen atoms in total. The lowest BCUT2D eigenvalue weighted by atomic mass is 10.3. The summed E-state index contributed by atoms with van der Waals surface area (Å²) in [6.45, 7) is 1.45. The molecule has 0 atom stereocenters. The molecule has 112 valence electrons. The van der Waals surface area contributed by atoms with Crippen LogP contribution in [0.3, 0.4) is 0 Å². The van der Waals surface area contributed by atoms with Crippen molar-refractivity contribution in [3.8, 4) is 0 Å². The highest BCUT2D eigenvalue weighted by Crippen LogP contribution is 2.23. The number of hydrogen-bond donors (Lipinski definition) is 1. The molecule has 1 N–H and O–H groups in total. The van der Waals surface area contributed by atoms with Crippen LogP contribution in [-0.4, -0.2) is 42.4 Å². The Morgan fingerprint density at radius 3 is 2.50 bits per heavy atom. The summed E-state index contributed by atoms with van der Waals surface area (Å²) in [6.07, 6.45) is 0.523. The predicted molar refractivity (Wildman–Crippen MR) is 69.2 cm³/mol. The van der Waals surface area contributed by atoms with E-state index >= 15 is 0 Å². The van der Waals surface area contributed by atoms with Crippen LogP contribution < -0.4 is 0 Å². The van der Waals surface area contributed by atoms with Crippen LogP contribution in [0.4, 0.5) is 10.1 Å². The van der Waals surface area contributed by atoms with Crippen molar-refractivity contribution < 1.29 is 22.8 Å². The standard InChI is InChI=1S/C11H15FN2O5S/c1-2-5-13(6-7-15)20(18,19)9-3-4-11(14(16)17)10(12)8-9/h3-4,8,15H,2,5-7H2,1H3. The topological polar surface area (TPSA) is 101 Å². The number of benzene rings is 1. The first-order valence-corrected chi connectivity index (χ1v) is 7.33. The average molecular weight is 306 g/mol. The van der Waals surface area contributed by atoms with Crippen molar-refractivity contribution in [3.63, 3.8) is 0 Å². The summed E-state index contributed by atoms with van der Waals surface area (Å²) in [4.78, 5) is 9.19. The van der Waals surface area contributed by atoms with Crippen LogP contribution in [0.2, 0.25) is 0 Å². The van der Waals surface area contributed by atoms with E-state index in [-0.39, 0.29) is 24.6 Å². The van der Waals surface area contributed by atoms with Gasteiger partial charge in [0.15, 0.2) is 0 Å². The van der Waals surface area contributed by atoms with E-state index in [2.05, 4.69) is 0 Å². The van der Waals surface area contributed by atoms with Crippen LogP contribution >= 0.6 is 0 Å². The third-order valence-corrected chi connectivity index (χ3v) is 4.47. The minimum absolute atomic E-state index is 0.116. The van der Waals surface area contributed by atoms with E-state index in [4.69, 9.17) is 5.11 Å². The second-order valence-electron chi connectivity index (χ2n) is 4.00. The number of hydrogen-bond acceptors (Lipinski definition) is 5. The molecule has 0 saturated carbocycles. The molecule has 0 amide bonds. The number of nitrogens with zero attached hydrogens (tertiary/aromatic N) is 2. The van der Waals surface area contributed by atoms with Crippen LogP contribution in [0.1, 0.15) is 13.3 Å². The van der Waals surface area contributed by atoms with Crippen molar-refractivity contribution in [2.75, 3.05) is 19.7 Å². The van der Waals surface area contributed by atoms with Gasteiger partial charge < -0.3 is 5.11 Å². The summed E-state index contributed by atoms with van der Waals surface area (Å²) < 4.78 is 38.9. The first-order chi connectivity index (χ1) is 9.34. The van der Waals surface area contributed by atoms with Gasteiger partial charge in [-0.25, -0.2) is 8.42 Å². The van der Waals surface area contributed by atoms with Gasteiger partial charge in [0, 0.05) is 25.2 Å². The predicted octanol–water partition coefficient (Wildman–Crippen LogP) is 1.13. The number of aliphatic hydroxyl groups is 1. The summed E-state index contributed by atoms with van der Waals surface area (Å²) in [5, 5.41) is 19.4. The molecular weight excluding hydrogens is 291 g/mol. The Morgan fingerprint density at radius 1 is 1.40 bits per heavy atom. The van der Waals surface area contributed by atoms with E-state index in [9.17, 15) is 22.9 Å². The highest BCUT2D eigenvalue weighted by Gasteiger charge is 2.26. The number of halogens is 1. The largest absolute Gasteiger partial charge is 0.395 e. The van der Waals surface area contributed by atoms with E-state index in [0.29, 0.717) is 12.5 Å². The van der Waals surface area contributed by atoms with Gasteiger partial charge in [-0.1, -0.05) is 6.92 Å². The summed E-state index contributed by atoms with van der Waals surface area (Å²) in [7, 11) is -3.98. The van der Waals surface area contributed by atoms with Gasteiger partial charge in [0.1, 0.15) is 0 Å². The Hall–Kier alpha value is -1.58. The fraction of sp³-hybridized carbons (Fsp3) is 0.455. The summed E-state index contributed by atoms with van der Waals surface area (Å²) in [5.41, 5.74) is -0.784. The quantitative estimate of drug-likeness (QED) is 0.601. The fourth-order valence-corrected chi connectivity index (χ4v) is 3.19. The molecule has 0 aromatic heterocycles. The molecule has 0 spiro atoms. The minimum Gasteiger partial charge on any atom is -0.395 e. The van der Waals surface area contributed by atoms with Gasteiger partial charge in [0.05, 0.1) is 16.4 Å². The monoisotopic (exact) mass is 306 g/mol. The third kappa shape index (κ3) is 3.50. The number of rotatable bonds is 7. The summed E-state index contributed by atoms with van der Waals surface area (Å²) >= 11 is 0. The maximum absolute atomic E-state index is 13.5. The molecule has 0 aliphatic rings. The van der Waals surface area contributed by atoms with Crippen LogP contribution in [0.5, 0.6) is 0 Å². The Labute approximate surface area is 115 Å². The highest BCUT2D eigenvalue weighted by atomic mass is 32.2. The van der Waals surface area contributed by atoms with Gasteiger partial charge in [-0.3, -0.25) is 10.1 Å². The lowest BCUT2D eigenvalue weighted by Gasteiger charge is -2.20. The molecule has 0 heterocycles. The van der Waals surface area contributed by atoms with Gasteiger partial charge in [0.2, 0.25) is 15.8 Å². The smallest absolute Gasteiger partial charge is 0.304 e. The molecule has 20 heavy (non-hydrogen) atoms. The van der Waals surface area contributed by atoms with Crippen molar-refractivity contribution in [2.45, 2.75) is 18.2 Å². The maximum atomic E-state index is 13.5. The van der Waals surface area contributed by atoms with Crippen LogP contribution in [0, 0.1) is 15.9 Å². The van der Waals surface area contributed by atoms with Crippen molar-refractivity contribution in [3.05, 3.63) is 34.1 Å². The Morgan fingerprint density at radius 2 is 2.05 bits per heavy atom. The normalized spacial score (nSPS) is 11.8. The molecule has 0 aliphatic heterocycles. The fourth-order valence-electron chi connectivity index (χ4n) is 1.66. The van der Waals surface area contributed by atoms with Gasteiger partial charge in [-0.05, 0) is 12.5 Å². The molecule has 0 aliphatic carbocycles. The molecule has 0 unspecified atom stereocenters. The molecule has 0 bridgehead atoms. The maximum Gasteiger partial charge on any atom is 0.304 e. The van der Waals surface area contributed by atoms with E-state index in [1.807, 2.05) is 0 Å². The van der Waals surface area contributed by atoms with Crippen LogP contribution in [0.15, 0.2) is 23.1 Å². The zero-order valence-electron chi connectivity index (χ0n) is 10.8. The van der Waals surface area contributed by atoms with E-state index in [0.717, 1.165) is 16.4 Å². The average Bonchev–Trinajstić information content (AvgIpc) is 2.37. The van der Waals surface area contributed by atoms with Crippen molar-refractivity contribution in [1.29, 1.82) is 0 Å². The second-order valence-corrected chi connectivity index (χ2v) is 5.94. The zero-order chi connectivity index (χ0) is 15.3. The lowest BCUT2D eigenvalue weighted by Crippen LogP contribution is -2.34. The molecule has 1 rings (SSSR count). The van der Waals surface area contributed by atoms with Crippen LogP contribution in [-0.2, 0) is 10.0 Å². The van der Waals surface area contributed by atoms with Crippen molar-refractivity contribution in [1.82, 2.24) is 4.31 Å². The minimum atomic E-state index is -3.98. The zero-order valence-corrected chi connectivity index (χ0v) is 11.6. The second kappa shape index (κ2) is 6.73. The molecule has 0 fully saturated rings. The molecule has 0 saturated heterocycles. The Balaban J connectivity index is 3.20. The molecule has 1 aromatic carbocycles. The molecule has 0 radical (unpaired) electrons. The van der Waals surface area contributed by atoms with Crippen molar-refractivity contribution in [2.24, 2.45) is 0 Å². The molecule has 1 aromatic rings. The third-order valence-electron chi connectivity index (χ3n) is 2.58. The number of aliphatic hydroxyl groups excluding tert-OH is 1. The number of nitro groups is 1. The summed E-state index contributed by atoms with van der Waals surface area (Å²) in [5.74, 6) is -1.21. The Kier molecular flexibility index (Phi) is 5.54. The summed E-state index contributed by atoms with van der Waals surface area (Å²) in [6, 6.07) is 2.41. The van der Waals surface area contributed by atoms with Gasteiger partial charge in [-0.2, -0.15) is 8.70 Å². The van der Waals surface area contributed by atoms with Gasteiger partial charge in [0.25, 0.3) is 0 Å². The van der Waals surface area contributed by atoms with Crippen molar-refractivity contribution >= 4 is 15.7 Å². The molecular formula is C11H15FN2O5S. The van der Waals surface area contributed by atoms with E-state index in [1.165, 1.54) is 0 Å². The van der Waals surface area contributed by atoms with Crippen LogP contribution in [0.25, 0.3) is 0 Å². The van der Waals surface area contributed by atoms with E-state index in [1.54, 1.807) is 6.92 Å². The number of nitro benzene ring substituents is 1. The molecule has 9 heteroatoms. The first-order valence-electron chi connectivity index (χ1n) is 5.89.